The summed E-state index contributed by atoms with van der Waals surface area (Å²) in [6.45, 7) is 0. The van der Waals surface area contributed by atoms with E-state index >= 15 is 0 Å². The number of hydrogen-bond acceptors (Lipinski definition) is 2. The number of fused-ring (bicyclic) bond motifs is 1. The molecule has 2 atom stereocenters. The number of ether oxygens (including phenoxy) is 1. The van der Waals surface area contributed by atoms with Crippen molar-refractivity contribution in [3.63, 3.8) is 0 Å². The van der Waals surface area contributed by atoms with Gasteiger partial charge in [0.15, 0.2) is 9.76 Å². The minimum atomic E-state index is -0.307. The normalized spacial score (nSPS) is 46.2. The molecule has 0 aromatic rings. The molecule has 0 spiro atoms. The lowest BCUT2D eigenvalue weighted by Crippen LogP contribution is -2.28. The van der Waals surface area contributed by atoms with Crippen LogP contribution in [0, 0.1) is 0 Å². The number of hydrogen-bond donors (Lipinski definition) is 0. The van der Waals surface area contributed by atoms with Crippen molar-refractivity contribution < 1.29 is 8.85 Å². The maximum Gasteiger partial charge on any atom is 0.183 e. The van der Waals surface area contributed by atoms with Crippen LogP contribution in [0.1, 0.15) is 25.7 Å². The highest BCUT2D eigenvalue weighted by molar-refractivity contribution is 6.39. The van der Waals surface area contributed by atoms with Crippen molar-refractivity contribution in [2.24, 2.45) is 0 Å². The van der Waals surface area contributed by atoms with Crippen LogP contribution in [0.4, 0.5) is 0 Å². The number of epoxide rings is 1. The SMILES string of the molecule is [SiH3]O[SiH2]C12CCCCC1O2. The quantitative estimate of drug-likeness (QED) is 0.397. The largest absolute Gasteiger partial charge is 0.466 e. The fourth-order valence-electron chi connectivity index (χ4n) is 1.99. The van der Waals surface area contributed by atoms with Crippen LogP contribution < -0.4 is 0 Å². The molecule has 4 heteroatoms. The molecule has 0 N–H and O–H groups in total. The molecule has 2 aliphatic rings. The predicted octanol–water partition coefficient (Wildman–Crippen LogP) is -0.964. The molecule has 0 amide bonds. The van der Waals surface area contributed by atoms with Crippen molar-refractivity contribution >= 4 is 20.2 Å². The van der Waals surface area contributed by atoms with Crippen LogP contribution in [-0.2, 0) is 8.85 Å². The van der Waals surface area contributed by atoms with Crippen LogP contribution >= 0.6 is 0 Å². The highest BCUT2D eigenvalue weighted by Crippen LogP contribution is 2.46. The zero-order valence-electron chi connectivity index (χ0n) is 6.43. The molecule has 2 rings (SSSR count). The molecular formula is C6H14O2Si2. The second-order valence-corrected chi connectivity index (χ2v) is 7.15. The predicted molar refractivity (Wildman–Crippen MR) is 45.6 cm³/mol. The minimum absolute atomic E-state index is 0.307. The summed E-state index contributed by atoms with van der Waals surface area (Å²) in [6.07, 6.45) is 5.97. The van der Waals surface area contributed by atoms with E-state index in [1.165, 1.54) is 25.7 Å². The van der Waals surface area contributed by atoms with Crippen LogP contribution in [0.2, 0.25) is 0 Å². The highest BCUT2D eigenvalue weighted by atomic mass is 28.3. The molecular weight excluding hydrogens is 160 g/mol. The van der Waals surface area contributed by atoms with Gasteiger partial charge in [-0.1, -0.05) is 12.8 Å². The zero-order chi connectivity index (χ0) is 7.03. The monoisotopic (exact) mass is 174 g/mol. The average Bonchev–Trinajstić information content (AvgIpc) is 2.62. The Labute approximate surface area is 66.8 Å². The van der Waals surface area contributed by atoms with Crippen LogP contribution in [0.3, 0.4) is 0 Å². The lowest BCUT2D eigenvalue weighted by Gasteiger charge is -2.14. The molecule has 0 aromatic heterocycles. The van der Waals surface area contributed by atoms with Crippen LogP contribution in [0.25, 0.3) is 0 Å². The first-order valence-electron chi connectivity index (χ1n) is 4.04. The van der Waals surface area contributed by atoms with Gasteiger partial charge < -0.3 is 8.85 Å². The molecule has 2 nitrogen and oxygen atoms in total. The van der Waals surface area contributed by atoms with Crippen molar-refractivity contribution in [2.45, 2.75) is 37.0 Å². The Balaban J connectivity index is 1.92. The van der Waals surface area contributed by atoms with E-state index in [2.05, 4.69) is 0 Å². The minimum Gasteiger partial charge on any atom is -0.466 e. The third kappa shape index (κ3) is 0.991. The van der Waals surface area contributed by atoms with Crippen molar-refractivity contribution in [3.05, 3.63) is 0 Å². The first-order valence-corrected chi connectivity index (χ1v) is 6.14. The molecule has 2 unspecified atom stereocenters. The van der Waals surface area contributed by atoms with Gasteiger partial charge in [0.1, 0.15) is 15.7 Å². The molecule has 2 fully saturated rings. The Kier molecular flexibility index (Phi) is 1.72. The summed E-state index contributed by atoms with van der Waals surface area (Å²) >= 11 is 0. The van der Waals surface area contributed by atoms with Gasteiger partial charge in [-0.3, -0.25) is 0 Å². The topological polar surface area (TPSA) is 21.8 Å². The van der Waals surface area contributed by atoms with E-state index in [4.69, 9.17) is 8.85 Å². The maximum absolute atomic E-state index is 5.66. The Morgan fingerprint density at radius 3 is 3.20 bits per heavy atom. The van der Waals surface area contributed by atoms with Gasteiger partial charge in [-0.15, -0.1) is 0 Å². The maximum atomic E-state index is 5.66. The molecule has 10 heavy (non-hydrogen) atoms. The van der Waals surface area contributed by atoms with Gasteiger partial charge in [0.05, 0.1) is 6.10 Å². The Morgan fingerprint density at radius 1 is 1.60 bits per heavy atom. The molecule has 1 aliphatic heterocycles. The summed E-state index contributed by atoms with van der Waals surface area (Å²) in [5.74, 6) is 0. The van der Waals surface area contributed by atoms with Gasteiger partial charge >= 0.3 is 0 Å². The van der Waals surface area contributed by atoms with Gasteiger partial charge in [0, 0.05) is 0 Å². The van der Waals surface area contributed by atoms with Crippen molar-refractivity contribution in [1.82, 2.24) is 0 Å². The van der Waals surface area contributed by atoms with E-state index in [9.17, 15) is 0 Å². The molecule has 1 saturated heterocycles. The van der Waals surface area contributed by atoms with Gasteiger partial charge in [0.25, 0.3) is 0 Å². The van der Waals surface area contributed by atoms with Crippen LogP contribution in [0.5, 0.6) is 0 Å². The molecule has 1 saturated carbocycles. The van der Waals surface area contributed by atoms with Gasteiger partial charge in [-0.25, -0.2) is 0 Å². The molecule has 0 radical (unpaired) electrons. The fourth-order valence-corrected chi connectivity index (χ4v) is 5.00. The average molecular weight is 174 g/mol. The van der Waals surface area contributed by atoms with Crippen molar-refractivity contribution in [2.75, 3.05) is 0 Å². The second kappa shape index (κ2) is 2.44. The first kappa shape index (κ1) is 7.03. The third-order valence-electron chi connectivity index (χ3n) is 2.61. The first-order chi connectivity index (χ1) is 4.87. The lowest BCUT2D eigenvalue weighted by atomic mass is 10.0. The summed E-state index contributed by atoms with van der Waals surface area (Å²) in [7, 11) is 0.607. The van der Waals surface area contributed by atoms with Crippen LogP contribution in [0.15, 0.2) is 0 Å². The van der Waals surface area contributed by atoms with E-state index in [0.29, 0.717) is 11.3 Å². The van der Waals surface area contributed by atoms with Gasteiger partial charge in [-0.2, -0.15) is 0 Å². The smallest absolute Gasteiger partial charge is 0.183 e. The number of rotatable bonds is 2. The summed E-state index contributed by atoms with van der Waals surface area (Å²) in [5.41, 5.74) is 0. The zero-order valence-corrected chi connectivity index (χ0v) is 9.84. The fraction of sp³-hybridized carbons (Fsp3) is 1.00. The Bertz CT molecular complexity index is 138. The lowest BCUT2D eigenvalue weighted by molar-refractivity contribution is 0.338. The Hall–Kier alpha value is 0.354. The standard InChI is InChI=1S/C6H14O2Si2/c9-8-10-6-4-2-1-3-5(6)7-6/h5H,1-4,10H2,9H3. The molecule has 1 heterocycles. The van der Waals surface area contributed by atoms with Gasteiger partial charge in [-0.05, 0) is 12.8 Å². The Morgan fingerprint density at radius 2 is 2.50 bits per heavy atom. The molecule has 58 valence electrons. The summed E-state index contributed by atoms with van der Waals surface area (Å²) in [5, 5.41) is 0.347. The van der Waals surface area contributed by atoms with E-state index in [1.807, 2.05) is 0 Å². The van der Waals surface area contributed by atoms with E-state index < -0.39 is 0 Å². The van der Waals surface area contributed by atoms with E-state index in [0.717, 1.165) is 10.5 Å². The van der Waals surface area contributed by atoms with Crippen LogP contribution in [-0.4, -0.2) is 31.6 Å². The molecule has 0 bridgehead atoms. The summed E-state index contributed by atoms with van der Waals surface area (Å²) < 4.78 is 11.0. The van der Waals surface area contributed by atoms with E-state index in [-0.39, 0.29) is 9.76 Å². The van der Waals surface area contributed by atoms with Gasteiger partial charge in [0.2, 0.25) is 0 Å². The van der Waals surface area contributed by atoms with Crippen molar-refractivity contribution in [3.8, 4) is 0 Å². The third-order valence-corrected chi connectivity index (χ3v) is 5.23. The van der Waals surface area contributed by atoms with E-state index in [1.54, 1.807) is 0 Å². The molecule has 0 aromatic carbocycles. The second-order valence-electron chi connectivity index (χ2n) is 3.35. The highest BCUT2D eigenvalue weighted by Gasteiger charge is 2.57. The molecule has 1 aliphatic carbocycles. The van der Waals surface area contributed by atoms with Crippen molar-refractivity contribution in [1.29, 1.82) is 0 Å². The summed E-state index contributed by atoms with van der Waals surface area (Å²) in [6, 6.07) is 0. The summed E-state index contributed by atoms with van der Waals surface area (Å²) in [4.78, 5) is 0.